The molecule has 1 aliphatic rings. The third-order valence-electron chi connectivity index (χ3n) is 2.92. The van der Waals surface area contributed by atoms with Crippen LogP contribution in [0.1, 0.15) is 10.4 Å². The van der Waals surface area contributed by atoms with Gasteiger partial charge in [-0.3, -0.25) is 4.79 Å². The van der Waals surface area contributed by atoms with E-state index in [0.29, 0.717) is 13.2 Å². The molecular weight excluding hydrogens is 244 g/mol. The van der Waals surface area contributed by atoms with Crippen LogP contribution in [0.2, 0.25) is 0 Å². The molecule has 0 unspecified atom stereocenters. The van der Waals surface area contributed by atoms with Crippen LogP contribution in [-0.4, -0.2) is 29.0 Å². The van der Waals surface area contributed by atoms with E-state index in [-0.39, 0.29) is 23.2 Å². The van der Waals surface area contributed by atoms with Crippen LogP contribution in [0.3, 0.4) is 0 Å². The Morgan fingerprint density at radius 3 is 2.79 bits per heavy atom. The van der Waals surface area contributed by atoms with Crippen LogP contribution in [0.15, 0.2) is 36.7 Å². The summed E-state index contributed by atoms with van der Waals surface area (Å²) < 4.78 is 5.46. The number of nitrogen functional groups attached to an aromatic ring is 1. The zero-order valence-electron chi connectivity index (χ0n) is 10.1. The van der Waals surface area contributed by atoms with Gasteiger partial charge in [-0.2, -0.15) is 0 Å². The van der Waals surface area contributed by atoms with Gasteiger partial charge in [-0.15, -0.1) is 0 Å². The van der Waals surface area contributed by atoms with Gasteiger partial charge in [0.25, 0.3) is 5.91 Å². The summed E-state index contributed by atoms with van der Waals surface area (Å²) in [6.45, 7) is 0.808. The quantitative estimate of drug-likeness (QED) is 0.826. The lowest BCUT2D eigenvalue weighted by atomic mass is 10.2. The van der Waals surface area contributed by atoms with Crippen LogP contribution < -0.4 is 15.4 Å². The van der Waals surface area contributed by atoms with Crippen LogP contribution in [0, 0.1) is 0 Å². The fraction of sp³-hybridized carbons (Fsp3) is 0.154. The Morgan fingerprint density at radius 2 is 2.00 bits per heavy atom. The molecule has 3 rings (SSSR count). The molecule has 0 fully saturated rings. The topological polar surface area (TPSA) is 81.3 Å². The number of carbonyl (C=O) groups is 1. The Bertz CT molecular complexity index is 615. The average molecular weight is 256 g/mol. The van der Waals surface area contributed by atoms with Crippen molar-refractivity contribution in [3.05, 3.63) is 42.2 Å². The highest BCUT2D eigenvalue weighted by atomic mass is 16.5. The number of rotatable bonds is 1. The number of anilines is 2. The third-order valence-corrected chi connectivity index (χ3v) is 2.92. The number of nitrogens with two attached hydrogens (primary N) is 1. The number of nitrogens with zero attached hydrogens (tertiary/aromatic N) is 3. The van der Waals surface area contributed by atoms with Crippen LogP contribution in [0.4, 0.5) is 11.5 Å². The summed E-state index contributed by atoms with van der Waals surface area (Å²) in [6, 6.07) is 9.37. The normalized spacial score (nSPS) is 14.5. The monoisotopic (exact) mass is 256 g/mol. The van der Waals surface area contributed by atoms with Crippen molar-refractivity contribution in [1.29, 1.82) is 0 Å². The summed E-state index contributed by atoms with van der Waals surface area (Å²) in [5, 5.41) is 0. The molecular formula is C13H12N4O2. The summed E-state index contributed by atoms with van der Waals surface area (Å²) in [4.78, 5) is 22.0. The molecule has 0 saturated heterocycles. The molecule has 6 nitrogen and oxygen atoms in total. The first-order valence-electron chi connectivity index (χ1n) is 5.87. The standard InChI is InChI=1S/C13H12N4O2/c14-11-10-12(16-8-15-11)19-7-6-17(13(10)18)9-4-2-1-3-5-9/h1-5,8H,6-7H2,(H2,14,15,16). The van der Waals surface area contributed by atoms with E-state index in [2.05, 4.69) is 9.97 Å². The van der Waals surface area contributed by atoms with Gasteiger partial charge in [0.2, 0.25) is 5.88 Å². The molecule has 0 aliphatic carbocycles. The molecule has 1 aromatic carbocycles. The Hall–Kier alpha value is -2.63. The molecule has 1 amide bonds. The Balaban J connectivity index is 2.07. The molecule has 6 heteroatoms. The average Bonchev–Trinajstić information content (AvgIpc) is 2.60. The number of carbonyl (C=O) groups excluding carboxylic acids is 1. The second-order valence-corrected chi connectivity index (χ2v) is 4.08. The van der Waals surface area contributed by atoms with E-state index in [9.17, 15) is 4.79 Å². The lowest BCUT2D eigenvalue weighted by Gasteiger charge is -2.19. The Labute approximate surface area is 109 Å². The molecule has 2 aromatic rings. The van der Waals surface area contributed by atoms with Crippen molar-refractivity contribution in [2.24, 2.45) is 0 Å². The molecule has 1 aromatic heterocycles. The second kappa shape index (κ2) is 4.56. The minimum atomic E-state index is -0.239. The first-order chi connectivity index (χ1) is 9.27. The maximum absolute atomic E-state index is 12.5. The minimum Gasteiger partial charge on any atom is -0.475 e. The van der Waals surface area contributed by atoms with Crippen molar-refractivity contribution >= 4 is 17.4 Å². The smallest absolute Gasteiger partial charge is 0.267 e. The molecule has 0 spiro atoms. The van der Waals surface area contributed by atoms with Crippen molar-refractivity contribution in [3.8, 4) is 5.88 Å². The molecule has 0 radical (unpaired) electrons. The van der Waals surface area contributed by atoms with E-state index in [1.165, 1.54) is 6.33 Å². The van der Waals surface area contributed by atoms with E-state index >= 15 is 0 Å². The van der Waals surface area contributed by atoms with Crippen molar-refractivity contribution < 1.29 is 9.53 Å². The molecule has 0 atom stereocenters. The van der Waals surface area contributed by atoms with Crippen molar-refractivity contribution in [1.82, 2.24) is 9.97 Å². The van der Waals surface area contributed by atoms with Gasteiger partial charge in [-0.1, -0.05) is 18.2 Å². The maximum atomic E-state index is 12.5. The van der Waals surface area contributed by atoms with E-state index < -0.39 is 0 Å². The van der Waals surface area contributed by atoms with Gasteiger partial charge in [0.1, 0.15) is 24.3 Å². The first-order valence-corrected chi connectivity index (χ1v) is 5.87. The van der Waals surface area contributed by atoms with Crippen molar-refractivity contribution in [3.63, 3.8) is 0 Å². The number of hydrogen-bond donors (Lipinski definition) is 1. The first kappa shape index (κ1) is 11.5. The summed E-state index contributed by atoms with van der Waals surface area (Å²) in [5.74, 6) is 0.144. The van der Waals surface area contributed by atoms with E-state index in [1.54, 1.807) is 4.90 Å². The number of benzene rings is 1. The third kappa shape index (κ3) is 1.97. The number of para-hydroxylation sites is 1. The molecule has 19 heavy (non-hydrogen) atoms. The summed E-state index contributed by atoms with van der Waals surface area (Å²) >= 11 is 0. The van der Waals surface area contributed by atoms with Crippen molar-refractivity contribution in [2.75, 3.05) is 23.8 Å². The van der Waals surface area contributed by atoms with Gasteiger partial charge in [0.15, 0.2) is 0 Å². The van der Waals surface area contributed by atoms with Gasteiger partial charge in [-0.25, -0.2) is 9.97 Å². The van der Waals surface area contributed by atoms with Crippen LogP contribution in [0.5, 0.6) is 5.88 Å². The largest absolute Gasteiger partial charge is 0.475 e. The SMILES string of the molecule is Nc1ncnc2c1C(=O)N(c1ccccc1)CCO2. The predicted octanol–water partition coefficient (Wildman–Crippen LogP) is 1.10. The fourth-order valence-electron chi connectivity index (χ4n) is 2.02. The number of amides is 1. The van der Waals surface area contributed by atoms with Gasteiger partial charge >= 0.3 is 0 Å². The second-order valence-electron chi connectivity index (χ2n) is 4.08. The van der Waals surface area contributed by atoms with E-state index in [0.717, 1.165) is 5.69 Å². The summed E-state index contributed by atoms with van der Waals surface area (Å²) in [7, 11) is 0. The highest BCUT2D eigenvalue weighted by molar-refractivity contribution is 6.10. The lowest BCUT2D eigenvalue weighted by Crippen LogP contribution is -2.32. The van der Waals surface area contributed by atoms with Gasteiger partial charge < -0.3 is 15.4 Å². The molecule has 2 heterocycles. The highest BCUT2D eigenvalue weighted by Gasteiger charge is 2.28. The molecule has 1 aliphatic heterocycles. The Kier molecular flexibility index (Phi) is 2.75. The summed E-state index contributed by atoms with van der Waals surface area (Å²) in [6.07, 6.45) is 1.29. The van der Waals surface area contributed by atoms with Gasteiger partial charge in [0.05, 0.1) is 6.54 Å². The predicted molar refractivity (Wildman–Crippen MR) is 70.1 cm³/mol. The molecule has 96 valence electrons. The van der Waals surface area contributed by atoms with Crippen LogP contribution in [-0.2, 0) is 0 Å². The maximum Gasteiger partial charge on any atom is 0.267 e. The molecule has 0 saturated carbocycles. The number of fused-ring (bicyclic) bond motifs is 1. The van der Waals surface area contributed by atoms with Gasteiger partial charge in [-0.05, 0) is 12.1 Å². The number of hydrogen-bond acceptors (Lipinski definition) is 5. The summed E-state index contributed by atoms with van der Waals surface area (Å²) in [5.41, 5.74) is 6.79. The van der Waals surface area contributed by atoms with E-state index in [1.807, 2.05) is 30.3 Å². The van der Waals surface area contributed by atoms with Crippen LogP contribution in [0.25, 0.3) is 0 Å². The van der Waals surface area contributed by atoms with Crippen molar-refractivity contribution in [2.45, 2.75) is 0 Å². The zero-order valence-corrected chi connectivity index (χ0v) is 10.1. The minimum absolute atomic E-state index is 0.137. The van der Waals surface area contributed by atoms with Crippen LogP contribution >= 0.6 is 0 Å². The zero-order chi connectivity index (χ0) is 13.2. The Morgan fingerprint density at radius 1 is 1.21 bits per heavy atom. The number of aromatic nitrogens is 2. The number of ether oxygens (including phenoxy) is 1. The molecule has 2 N–H and O–H groups in total. The lowest BCUT2D eigenvalue weighted by molar-refractivity contribution is 0.0990. The molecule has 0 bridgehead atoms. The van der Waals surface area contributed by atoms with Gasteiger partial charge in [0, 0.05) is 5.69 Å². The van der Waals surface area contributed by atoms with E-state index in [4.69, 9.17) is 10.5 Å². The highest BCUT2D eigenvalue weighted by Crippen LogP contribution is 2.26. The fourth-order valence-corrected chi connectivity index (χ4v) is 2.02.